The van der Waals surface area contributed by atoms with Crippen LogP contribution in [0.2, 0.25) is 5.02 Å². The van der Waals surface area contributed by atoms with Crippen LogP contribution < -0.4 is 10.1 Å². The van der Waals surface area contributed by atoms with Gasteiger partial charge in [0, 0.05) is 29.4 Å². The molecule has 0 saturated carbocycles. The first kappa shape index (κ1) is 26.9. The van der Waals surface area contributed by atoms with Crippen LogP contribution in [0.15, 0.2) is 97.3 Å². The van der Waals surface area contributed by atoms with E-state index in [9.17, 15) is 14.0 Å². The second-order valence-electron chi connectivity index (χ2n) is 9.09. The van der Waals surface area contributed by atoms with Crippen LogP contribution in [-0.4, -0.2) is 34.4 Å². The number of methoxy groups -OCH3 is 1. The fourth-order valence-corrected chi connectivity index (χ4v) is 4.34. The number of hydrogen-bond donors (Lipinski definition) is 1. The fraction of sp³-hybridized carbons (Fsp3) is 0.129. The topological polar surface area (TPSA) is 81.9 Å². The molecule has 2 heterocycles. The van der Waals surface area contributed by atoms with Crippen molar-refractivity contribution in [3.63, 3.8) is 0 Å². The van der Waals surface area contributed by atoms with Gasteiger partial charge in [-0.15, -0.1) is 0 Å². The molecule has 1 atom stereocenters. The zero-order chi connectivity index (χ0) is 28.1. The molecule has 9 heteroatoms. The van der Waals surface area contributed by atoms with Crippen molar-refractivity contribution in [2.24, 2.45) is 0 Å². The molecule has 0 spiro atoms. The minimum absolute atomic E-state index is 0.0903. The van der Waals surface area contributed by atoms with Crippen LogP contribution in [0.1, 0.15) is 21.6 Å². The number of carbonyl (C=O) groups excluding carboxylic acids is 2. The summed E-state index contributed by atoms with van der Waals surface area (Å²) in [7, 11) is 1.27. The number of amides is 1. The average Bonchev–Trinajstić information content (AvgIpc) is 3.41. The van der Waals surface area contributed by atoms with E-state index in [0.29, 0.717) is 22.0 Å². The molecule has 0 aliphatic carbocycles. The SMILES string of the molecule is COC(=O)C(Cc1ccc(OCc2ccccc2F)cc1)NC(=O)c1cn2ccc(-c3ccc(Cl)cc3)cc2n1. The standard InChI is InChI=1S/C31H25ClFN3O4/c1-39-31(38)27(16-20-6-12-25(13-7-20)40-19-23-4-2-3-5-26(23)33)35-30(37)28-18-36-15-14-22(17-29(36)34-28)21-8-10-24(32)11-9-21/h2-15,17-18,27H,16,19H2,1H3,(H,35,37). The number of esters is 1. The lowest BCUT2D eigenvalue weighted by molar-refractivity contribution is -0.142. The number of rotatable bonds is 9. The predicted molar refractivity (Wildman–Crippen MR) is 150 cm³/mol. The number of nitrogens with zero attached hydrogens (tertiary/aromatic N) is 2. The van der Waals surface area contributed by atoms with E-state index in [1.54, 1.807) is 53.1 Å². The smallest absolute Gasteiger partial charge is 0.328 e. The summed E-state index contributed by atoms with van der Waals surface area (Å²) in [4.78, 5) is 30.0. The first-order valence-corrected chi connectivity index (χ1v) is 12.9. The van der Waals surface area contributed by atoms with Crippen LogP contribution in [0, 0.1) is 5.82 Å². The lowest BCUT2D eigenvalue weighted by atomic mass is 10.1. The zero-order valence-electron chi connectivity index (χ0n) is 21.5. The van der Waals surface area contributed by atoms with Crippen molar-refractivity contribution >= 4 is 29.1 Å². The molecule has 0 aliphatic rings. The van der Waals surface area contributed by atoms with Crippen LogP contribution in [-0.2, 0) is 22.6 Å². The Bertz CT molecular complexity index is 1650. The molecule has 1 amide bonds. The van der Waals surface area contributed by atoms with Crippen molar-refractivity contribution < 1.29 is 23.5 Å². The fourth-order valence-electron chi connectivity index (χ4n) is 4.21. The van der Waals surface area contributed by atoms with Crippen LogP contribution >= 0.6 is 11.6 Å². The van der Waals surface area contributed by atoms with Crippen molar-refractivity contribution in [1.82, 2.24) is 14.7 Å². The van der Waals surface area contributed by atoms with Crippen LogP contribution in [0.5, 0.6) is 5.75 Å². The van der Waals surface area contributed by atoms with Gasteiger partial charge in [0.1, 0.15) is 35.6 Å². The Hall–Kier alpha value is -4.69. The van der Waals surface area contributed by atoms with E-state index in [1.165, 1.54) is 13.2 Å². The van der Waals surface area contributed by atoms with E-state index in [2.05, 4.69) is 10.3 Å². The number of ether oxygens (including phenoxy) is 2. The lowest BCUT2D eigenvalue weighted by Crippen LogP contribution is -2.43. The van der Waals surface area contributed by atoms with Crippen LogP contribution in [0.4, 0.5) is 4.39 Å². The van der Waals surface area contributed by atoms with Gasteiger partial charge in [-0.2, -0.15) is 0 Å². The first-order valence-electron chi connectivity index (χ1n) is 12.5. The highest BCUT2D eigenvalue weighted by Gasteiger charge is 2.24. The number of halogens is 2. The number of pyridine rings is 1. The van der Waals surface area contributed by atoms with E-state index in [-0.39, 0.29) is 24.5 Å². The molecule has 2 aromatic heterocycles. The summed E-state index contributed by atoms with van der Waals surface area (Å²) in [5.74, 6) is -0.865. The lowest BCUT2D eigenvalue weighted by Gasteiger charge is -2.16. The zero-order valence-corrected chi connectivity index (χ0v) is 22.3. The Morgan fingerprint density at radius 3 is 2.48 bits per heavy atom. The molecule has 0 radical (unpaired) electrons. The molecule has 0 fully saturated rings. The summed E-state index contributed by atoms with van der Waals surface area (Å²) >= 11 is 5.99. The Morgan fingerprint density at radius 2 is 1.75 bits per heavy atom. The second-order valence-corrected chi connectivity index (χ2v) is 9.53. The minimum Gasteiger partial charge on any atom is -0.489 e. The molecular weight excluding hydrogens is 533 g/mol. The van der Waals surface area contributed by atoms with E-state index in [4.69, 9.17) is 21.1 Å². The van der Waals surface area contributed by atoms with E-state index in [0.717, 1.165) is 16.7 Å². The Kier molecular flexibility index (Phi) is 8.07. The van der Waals surface area contributed by atoms with E-state index in [1.807, 2.05) is 42.6 Å². The normalized spacial score (nSPS) is 11.7. The van der Waals surface area contributed by atoms with Gasteiger partial charge in [-0.3, -0.25) is 4.79 Å². The van der Waals surface area contributed by atoms with Gasteiger partial charge in [0.2, 0.25) is 0 Å². The van der Waals surface area contributed by atoms with Gasteiger partial charge >= 0.3 is 5.97 Å². The van der Waals surface area contributed by atoms with Crippen LogP contribution in [0.25, 0.3) is 16.8 Å². The summed E-state index contributed by atoms with van der Waals surface area (Å²) < 4.78 is 26.2. The van der Waals surface area contributed by atoms with Crippen molar-refractivity contribution in [3.05, 3.63) is 125 Å². The highest BCUT2D eigenvalue weighted by molar-refractivity contribution is 6.30. The van der Waals surface area contributed by atoms with Gasteiger partial charge < -0.3 is 19.2 Å². The number of hydrogen-bond acceptors (Lipinski definition) is 5. The third-order valence-corrected chi connectivity index (χ3v) is 6.63. The quantitative estimate of drug-likeness (QED) is 0.229. The third kappa shape index (κ3) is 6.30. The molecule has 7 nitrogen and oxygen atoms in total. The first-order chi connectivity index (χ1) is 19.4. The molecule has 1 unspecified atom stereocenters. The molecular formula is C31H25ClFN3O4. The highest BCUT2D eigenvalue weighted by atomic mass is 35.5. The maximum absolute atomic E-state index is 13.8. The molecule has 5 rings (SSSR count). The Balaban J connectivity index is 1.26. The highest BCUT2D eigenvalue weighted by Crippen LogP contribution is 2.23. The molecule has 3 aromatic carbocycles. The van der Waals surface area contributed by atoms with Crippen molar-refractivity contribution in [2.75, 3.05) is 7.11 Å². The number of nitrogens with one attached hydrogen (secondary N) is 1. The monoisotopic (exact) mass is 557 g/mol. The second kappa shape index (κ2) is 12.0. The van der Waals surface area contributed by atoms with Crippen molar-refractivity contribution in [1.29, 1.82) is 0 Å². The van der Waals surface area contributed by atoms with Gasteiger partial charge in [0.15, 0.2) is 0 Å². The maximum Gasteiger partial charge on any atom is 0.328 e. The average molecular weight is 558 g/mol. The van der Waals surface area contributed by atoms with Gasteiger partial charge in [-0.05, 0) is 59.2 Å². The number of imidazole rings is 1. The number of aromatic nitrogens is 2. The predicted octanol–water partition coefficient (Wildman–Crippen LogP) is 5.89. The van der Waals surface area contributed by atoms with E-state index < -0.39 is 17.9 Å². The van der Waals surface area contributed by atoms with Crippen molar-refractivity contribution in [3.8, 4) is 16.9 Å². The number of fused-ring (bicyclic) bond motifs is 1. The molecule has 5 aromatic rings. The number of benzene rings is 3. The molecule has 0 bridgehead atoms. The van der Waals surface area contributed by atoms with Gasteiger partial charge in [0.25, 0.3) is 5.91 Å². The molecule has 202 valence electrons. The van der Waals surface area contributed by atoms with Crippen LogP contribution in [0.3, 0.4) is 0 Å². The van der Waals surface area contributed by atoms with Gasteiger partial charge in [-0.1, -0.05) is 54.1 Å². The third-order valence-electron chi connectivity index (χ3n) is 6.38. The molecule has 1 N–H and O–H groups in total. The molecule has 0 aliphatic heterocycles. The maximum atomic E-state index is 13.8. The largest absolute Gasteiger partial charge is 0.489 e. The molecule has 0 saturated heterocycles. The minimum atomic E-state index is -0.933. The summed E-state index contributed by atoms with van der Waals surface area (Å²) in [6, 6.07) is 23.7. The number of carbonyl (C=O) groups is 2. The molecule has 40 heavy (non-hydrogen) atoms. The summed E-state index contributed by atoms with van der Waals surface area (Å²) in [6.45, 7) is 0.0903. The summed E-state index contributed by atoms with van der Waals surface area (Å²) in [5, 5.41) is 3.38. The Morgan fingerprint density at radius 1 is 1.00 bits per heavy atom. The Labute approximate surface area is 235 Å². The van der Waals surface area contributed by atoms with Gasteiger partial charge in [0.05, 0.1) is 7.11 Å². The van der Waals surface area contributed by atoms with Crippen molar-refractivity contribution in [2.45, 2.75) is 19.1 Å². The summed E-state index contributed by atoms with van der Waals surface area (Å²) in [5.41, 5.74) is 3.87. The van der Waals surface area contributed by atoms with E-state index >= 15 is 0 Å². The summed E-state index contributed by atoms with van der Waals surface area (Å²) in [6.07, 6.45) is 3.61. The van der Waals surface area contributed by atoms with Gasteiger partial charge in [-0.25, -0.2) is 14.2 Å².